The summed E-state index contributed by atoms with van der Waals surface area (Å²) in [6.07, 6.45) is 3.67. The zero-order valence-electron chi connectivity index (χ0n) is 15.8. The Hall–Kier alpha value is -3.73. The minimum atomic E-state index is 0.700. The fourth-order valence-electron chi connectivity index (χ4n) is 2.97. The molecule has 138 valence electrons. The summed E-state index contributed by atoms with van der Waals surface area (Å²) in [4.78, 5) is 13.5. The Bertz CT molecular complexity index is 1080. The van der Waals surface area contributed by atoms with E-state index in [2.05, 4.69) is 26.3 Å². The second kappa shape index (κ2) is 7.88. The van der Waals surface area contributed by atoms with E-state index >= 15 is 0 Å². The Morgan fingerprint density at radius 1 is 0.786 bits per heavy atom. The van der Waals surface area contributed by atoms with Crippen molar-refractivity contribution in [3.8, 4) is 28.1 Å². The van der Waals surface area contributed by atoms with E-state index in [-0.39, 0.29) is 0 Å². The summed E-state index contributed by atoms with van der Waals surface area (Å²) in [5.41, 5.74) is 4.85. The number of aryl methyl sites for hydroxylation is 1. The highest BCUT2D eigenvalue weighted by Gasteiger charge is 2.08. The monoisotopic (exact) mass is 368 g/mol. The summed E-state index contributed by atoms with van der Waals surface area (Å²) in [6.45, 7) is 1.89. The number of benzene rings is 2. The molecule has 0 atom stereocenters. The standard InChI is InChI=1S/C23H20N4O/c1-16-25-22(13-23(26-16)27-20-6-4-3-5-7-20)19-12-18(14-24-15-19)17-8-10-21(28-2)11-9-17/h3-15H,1-2H3,(H,25,26,27). The maximum absolute atomic E-state index is 5.23. The largest absolute Gasteiger partial charge is 0.497 e. The van der Waals surface area contributed by atoms with Gasteiger partial charge in [-0.2, -0.15) is 0 Å². The van der Waals surface area contributed by atoms with E-state index in [0.29, 0.717) is 5.82 Å². The van der Waals surface area contributed by atoms with Gasteiger partial charge in [-0.1, -0.05) is 30.3 Å². The van der Waals surface area contributed by atoms with Crippen LogP contribution in [-0.4, -0.2) is 22.1 Å². The number of nitrogens with zero attached hydrogens (tertiary/aromatic N) is 3. The van der Waals surface area contributed by atoms with Gasteiger partial charge in [-0.3, -0.25) is 4.98 Å². The molecule has 5 heteroatoms. The lowest BCUT2D eigenvalue weighted by Crippen LogP contribution is -1.99. The molecule has 4 rings (SSSR count). The van der Waals surface area contributed by atoms with E-state index in [1.165, 1.54) is 0 Å². The number of hydrogen-bond donors (Lipinski definition) is 1. The summed E-state index contributed by atoms with van der Waals surface area (Å²) in [5, 5.41) is 3.33. The highest BCUT2D eigenvalue weighted by atomic mass is 16.5. The zero-order chi connectivity index (χ0) is 19.3. The van der Waals surface area contributed by atoms with E-state index in [4.69, 9.17) is 4.74 Å². The van der Waals surface area contributed by atoms with Crippen molar-refractivity contribution in [1.29, 1.82) is 0 Å². The molecule has 0 spiro atoms. The van der Waals surface area contributed by atoms with Crippen molar-refractivity contribution in [2.45, 2.75) is 6.92 Å². The predicted octanol–water partition coefficient (Wildman–Crippen LogP) is 5.27. The number of pyridine rings is 1. The van der Waals surface area contributed by atoms with Crippen LogP contribution in [0.5, 0.6) is 5.75 Å². The van der Waals surface area contributed by atoms with Crippen molar-refractivity contribution >= 4 is 11.5 Å². The Kier molecular flexibility index (Phi) is 4.97. The van der Waals surface area contributed by atoms with Crippen LogP contribution in [0.4, 0.5) is 11.5 Å². The lowest BCUT2D eigenvalue weighted by atomic mass is 10.0. The van der Waals surface area contributed by atoms with Crippen LogP contribution in [0, 0.1) is 6.92 Å². The lowest BCUT2D eigenvalue weighted by molar-refractivity contribution is 0.415. The summed E-state index contributed by atoms with van der Waals surface area (Å²) in [6, 6.07) is 21.9. The molecule has 0 saturated carbocycles. The number of rotatable bonds is 5. The number of anilines is 2. The smallest absolute Gasteiger partial charge is 0.134 e. The van der Waals surface area contributed by atoms with Gasteiger partial charge in [-0.05, 0) is 42.8 Å². The maximum atomic E-state index is 5.23. The van der Waals surface area contributed by atoms with Crippen LogP contribution in [-0.2, 0) is 0 Å². The number of para-hydroxylation sites is 1. The predicted molar refractivity (Wildman–Crippen MR) is 112 cm³/mol. The molecule has 0 radical (unpaired) electrons. The number of aromatic nitrogens is 3. The van der Waals surface area contributed by atoms with Gasteiger partial charge in [0.2, 0.25) is 0 Å². The second-order valence-electron chi connectivity index (χ2n) is 6.37. The van der Waals surface area contributed by atoms with Gasteiger partial charge in [0.05, 0.1) is 12.8 Å². The van der Waals surface area contributed by atoms with Crippen LogP contribution in [0.25, 0.3) is 22.4 Å². The van der Waals surface area contributed by atoms with Gasteiger partial charge in [0.15, 0.2) is 0 Å². The van der Waals surface area contributed by atoms with Crippen molar-refractivity contribution in [3.05, 3.63) is 84.9 Å². The third kappa shape index (κ3) is 3.99. The van der Waals surface area contributed by atoms with Gasteiger partial charge in [0.1, 0.15) is 17.4 Å². The Morgan fingerprint density at radius 3 is 2.29 bits per heavy atom. The molecule has 1 N–H and O–H groups in total. The van der Waals surface area contributed by atoms with Crippen LogP contribution >= 0.6 is 0 Å². The topological polar surface area (TPSA) is 59.9 Å². The second-order valence-corrected chi connectivity index (χ2v) is 6.37. The highest BCUT2D eigenvalue weighted by molar-refractivity contribution is 5.72. The molecule has 0 fully saturated rings. The third-order valence-electron chi connectivity index (χ3n) is 4.34. The summed E-state index contributed by atoms with van der Waals surface area (Å²) >= 11 is 0. The first-order chi connectivity index (χ1) is 13.7. The van der Waals surface area contributed by atoms with Crippen LogP contribution in [0.15, 0.2) is 79.1 Å². The van der Waals surface area contributed by atoms with Crippen molar-refractivity contribution < 1.29 is 4.74 Å². The maximum Gasteiger partial charge on any atom is 0.134 e. The normalized spacial score (nSPS) is 10.5. The molecule has 2 aromatic heterocycles. The van der Waals surface area contributed by atoms with Crippen LogP contribution < -0.4 is 10.1 Å². The van der Waals surface area contributed by atoms with Crippen molar-refractivity contribution in [3.63, 3.8) is 0 Å². The van der Waals surface area contributed by atoms with E-state index in [0.717, 1.165) is 39.6 Å². The number of nitrogens with one attached hydrogen (secondary N) is 1. The Balaban J connectivity index is 1.67. The first-order valence-corrected chi connectivity index (χ1v) is 8.99. The average molecular weight is 368 g/mol. The highest BCUT2D eigenvalue weighted by Crippen LogP contribution is 2.27. The van der Waals surface area contributed by atoms with Gasteiger partial charge in [-0.15, -0.1) is 0 Å². The minimum Gasteiger partial charge on any atom is -0.497 e. The SMILES string of the molecule is COc1ccc(-c2cncc(-c3cc(Nc4ccccc4)nc(C)n3)c2)cc1. The molecule has 0 amide bonds. The Labute approximate surface area is 164 Å². The fraction of sp³-hybridized carbons (Fsp3) is 0.0870. The molecule has 0 unspecified atom stereocenters. The van der Waals surface area contributed by atoms with Gasteiger partial charge >= 0.3 is 0 Å². The summed E-state index contributed by atoms with van der Waals surface area (Å²) in [7, 11) is 1.66. The first-order valence-electron chi connectivity index (χ1n) is 8.99. The van der Waals surface area contributed by atoms with E-state index in [1.54, 1.807) is 7.11 Å². The van der Waals surface area contributed by atoms with E-state index in [1.807, 2.05) is 80.0 Å². The molecule has 5 nitrogen and oxygen atoms in total. The molecular weight excluding hydrogens is 348 g/mol. The van der Waals surface area contributed by atoms with Gasteiger partial charge in [-0.25, -0.2) is 9.97 Å². The van der Waals surface area contributed by atoms with E-state index < -0.39 is 0 Å². The molecule has 0 aliphatic rings. The zero-order valence-corrected chi connectivity index (χ0v) is 15.8. The Morgan fingerprint density at radius 2 is 1.54 bits per heavy atom. The molecule has 2 aromatic carbocycles. The van der Waals surface area contributed by atoms with Crippen LogP contribution in [0.3, 0.4) is 0 Å². The van der Waals surface area contributed by atoms with E-state index in [9.17, 15) is 0 Å². The molecule has 4 aromatic rings. The average Bonchev–Trinajstić information content (AvgIpc) is 2.74. The molecular formula is C23H20N4O. The van der Waals surface area contributed by atoms with Gasteiger partial charge < -0.3 is 10.1 Å². The summed E-state index contributed by atoms with van der Waals surface area (Å²) < 4.78 is 5.23. The fourth-order valence-corrected chi connectivity index (χ4v) is 2.97. The molecule has 28 heavy (non-hydrogen) atoms. The number of methoxy groups -OCH3 is 1. The summed E-state index contributed by atoms with van der Waals surface area (Å²) in [5.74, 6) is 2.28. The number of ether oxygens (including phenoxy) is 1. The lowest BCUT2D eigenvalue weighted by Gasteiger charge is -2.10. The quantitative estimate of drug-likeness (QED) is 0.520. The van der Waals surface area contributed by atoms with Crippen molar-refractivity contribution in [2.24, 2.45) is 0 Å². The van der Waals surface area contributed by atoms with Crippen molar-refractivity contribution in [1.82, 2.24) is 15.0 Å². The van der Waals surface area contributed by atoms with Gasteiger partial charge in [0.25, 0.3) is 0 Å². The van der Waals surface area contributed by atoms with Crippen LogP contribution in [0.1, 0.15) is 5.82 Å². The van der Waals surface area contributed by atoms with Crippen LogP contribution in [0.2, 0.25) is 0 Å². The first kappa shape index (κ1) is 17.7. The molecule has 0 saturated heterocycles. The minimum absolute atomic E-state index is 0.700. The van der Waals surface area contributed by atoms with Gasteiger partial charge in [0, 0.05) is 35.3 Å². The third-order valence-corrected chi connectivity index (χ3v) is 4.34. The van der Waals surface area contributed by atoms with Crippen molar-refractivity contribution in [2.75, 3.05) is 12.4 Å². The molecule has 2 heterocycles. The molecule has 0 bridgehead atoms. The molecule has 0 aliphatic carbocycles. The molecule has 0 aliphatic heterocycles. The number of hydrogen-bond acceptors (Lipinski definition) is 5.